The van der Waals surface area contributed by atoms with Crippen LogP contribution in [0.25, 0.3) is 0 Å². The molecule has 7 heteroatoms. The highest BCUT2D eigenvalue weighted by atomic mass is 32.2. The first-order valence-electron chi connectivity index (χ1n) is 5.95. The monoisotopic (exact) mass is 296 g/mol. The Kier molecular flexibility index (Phi) is 4.87. The van der Waals surface area contributed by atoms with Gasteiger partial charge in [-0.3, -0.25) is 4.79 Å². The molecular formula is C13H16N2O4S. The highest BCUT2D eigenvalue weighted by Gasteiger charge is 2.28. The highest BCUT2D eigenvalue weighted by Crippen LogP contribution is 2.16. The minimum Gasteiger partial charge on any atom is -0.480 e. The first-order valence-corrected chi connectivity index (χ1v) is 7.43. The highest BCUT2D eigenvalue weighted by molar-refractivity contribution is 7.89. The van der Waals surface area contributed by atoms with E-state index in [9.17, 15) is 13.2 Å². The van der Waals surface area contributed by atoms with Crippen LogP contribution in [0.4, 0.5) is 0 Å². The van der Waals surface area contributed by atoms with Gasteiger partial charge in [0.05, 0.1) is 16.5 Å². The molecule has 0 bridgehead atoms. The predicted molar refractivity (Wildman–Crippen MR) is 72.5 cm³/mol. The molecule has 0 aliphatic heterocycles. The SMILES string of the molecule is Cc1cc(S(=O)(=O)N[C@H](C(=O)O)C(C)C)ccc1C#N. The van der Waals surface area contributed by atoms with E-state index in [2.05, 4.69) is 4.72 Å². The first kappa shape index (κ1) is 16.1. The van der Waals surface area contributed by atoms with Crippen molar-refractivity contribution in [2.75, 3.05) is 0 Å². The molecule has 1 rings (SSSR count). The number of rotatable bonds is 5. The van der Waals surface area contributed by atoms with Crippen molar-refractivity contribution in [1.29, 1.82) is 5.26 Å². The van der Waals surface area contributed by atoms with Gasteiger partial charge in [0.15, 0.2) is 0 Å². The summed E-state index contributed by atoms with van der Waals surface area (Å²) in [5, 5.41) is 17.8. The Morgan fingerprint density at radius 1 is 1.40 bits per heavy atom. The van der Waals surface area contributed by atoms with Crippen LogP contribution in [0.5, 0.6) is 0 Å². The van der Waals surface area contributed by atoms with Gasteiger partial charge in [-0.15, -0.1) is 0 Å². The van der Waals surface area contributed by atoms with E-state index in [1.54, 1.807) is 20.8 Å². The summed E-state index contributed by atoms with van der Waals surface area (Å²) < 4.78 is 26.5. The average molecular weight is 296 g/mol. The summed E-state index contributed by atoms with van der Waals surface area (Å²) in [5.41, 5.74) is 0.898. The summed E-state index contributed by atoms with van der Waals surface area (Å²) in [7, 11) is -3.94. The van der Waals surface area contributed by atoms with Crippen LogP contribution in [0, 0.1) is 24.2 Å². The maximum Gasteiger partial charge on any atom is 0.322 e. The van der Waals surface area contributed by atoms with Crippen LogP contribution in [-0.2, 0) is 14.8 Å². The molecule has 6 nitrogen and oxygen atoms in total. The molecule has 1 aromatic carbocycles. The molecule has 1 atom stereocenters. The molecular weight excluding hydrogens is 280 g/mol. The maximum atomic E-state index is 12.1. The van der Waals surface area contributed by atoms with Gasteiger partial charge in [0.2, 0.25) is 10.0 Å². The van der Waals surface area contributed by atoms with Crippen molar-refractivity contribution in [1.82, 2.24) is 4.72 Å². The number of aryl methyl sites for hydroxylation is 1. The normalized spacial score (nSPS) is 12.9. The second kappa shape index (κ2) is 6.03. The molecule has 2 N–H and O–H groups in total. The molecule has 0 unspecified atom stereocenters. The van der Waals surface area contributed by atoms with Crippen LogP contribution < -0.4 is 4.72 Å². The third-order valence-corrected chi connectivity index (χ3v) is 4.28. The van der Waals surface area contributed by atoms with E-state index in [1.165, 1.54) is 18.2 Å². The number of carbonyl (C=O) groups is 1. The van der Waals surface area contributed by atoms with E-state index in [1.807, 2.05) is 6.07 Å². The molecule has 20 heavy (non-hydrogen) atoms. The Morgan fingerprint density at radius 2 is 2.00 bits per heavy atom. The van der Waals surface area contributed by atoms with Gasteiger partial charge >= 0.3 is 5.97 Å². The van der Waals surface area contributed by atoms with Crippen LogP contribution >= 0.6 is 0 Å². The molecule has 0 saturated carbocycles. The van der Waals surface area contributed by atoms with E-state index in [-0.39, 0.29) is 10.8 Å². The number of benzene rings is 1. The van der Waals surface area contributed by atoms with E-state index < -0.39 is 22.0 Å². The minimum absolute atomic E-state index is 0.0547. The van der Waals surface area contributed by atoms with E-state index in [0.717, 1.165) is 0 Å². The third kappa shape index (κ3) is 3.56. The van der Waals surface area contributed by atoms with E-state index >= 15 is 0 Å². The fraction of sp³-hybridized carbons (Fsp3) is 0.385. The topological polar surface area (TPSA) is 107 Å². The lowest BCUT2D eigenvalue weighted by atomic mass is 10.1. The van der Waals surface area contributed by atoms with Crippen LogP contribution in [-0.4, -0.2) is 25.5 Å². The molecule has 0 aromatic heterocycles. The number of carboxylic acid groups (broad SMARTS) is 1. The number of carboxylic acids is 1. The Balaban J connectivity index is 3.15. The van der Waals surface area contributed by atoms with Crippen LogP contribution in [0.3, 0.4) is 0 Å². The summed E-state index contributed by atoms with van der Waals surface area (Å²) in [4.78, 5) is 11.0. The molecule has 0 fully saturated rings. The number of aliphatic carboxylic acids is 1. The second-order valence-corrected chi connectivity index (χ2v) is 6.48. The smallest absolute Gasteiger partial charge is 0.322 e. The van der Waals surface area contributed by atoms with Crippen molar-refractivity contribution >= 4 is 16.0 Å². The van der Waals surface area contributed by atoms with Crippen molar-refractivity contribution < 1.29 is 18.3 Å². The van der Waals surface area contributed by atoms with E-state index in [0.29, 0.717) is 11.1 Å². The molecule has 0 aliphatic carbocycles. The van der Waals surface area contributed by atoms with Crippen molar-refractivity contribution in [3.63, 3.8) is 0 Å². The van der Waals surface area contributed by atoms with Gasteiger partial charge in [-0.05, 0) is 36.6 Å². The van der Waals surface area contributed by atoms with Crippen LogP contribution in [0.15, 0.2) is 23.1 Å². The summed E-state index contributed by atoms with van der Waals surface area (Å²) in [5.74, 6) is -1.62. The maximum absolute atomic E-state index is 12.1. The van der Waals surface area contributed by atoms with Crippen molar-refractivity contribution in [2.45, 2.75) is 31.7 Å². The van der Waals surface area contributed by atoms with Crippen LogP contribution in [0.1, 0.15) is 25.0 Å². The third-order valence-electron chi connectivity index (χ3n) is 2.84. The van der Waals surface area contributed by atoms with Crippen molar-refractivity contribution in [3.05, 3.63) is 29.3 Å². The van der Waals surface area contributed by atoms with Crippen molar-refractivity contribution in [2.24, 2.45) is 5.92 Å². The van der Waals surface area contributed by atoms with Gasteiger partial charge in [0.1, 0.15) is 6.04 Å². The van der Waals surface area contributed by atoms with Gasteiger partial charge in [-0.2, -0.15) is 9.98 Å². The quantitative estimate of drug-likeness (QED) is 0.850. The first-order chi connectivity index (χ1) is 9.19. The fourth-order valence-electron chi connectivity index (χ4n) is 1.64. The van der Waals surface area contributed by atoms with Gasteiger partial charge < -0.3 is 5.11 Å². The van der Waals surface area contributed by atoms with Crippen molar-refractivity contribution in [3.8, 4) is 6.07 Å². The summed E-state index contributed by atoms with van der Waals surface area (Å²) in [6, 6.07) is 4.77. The molecule has 0 saturated heterocycles. The lowest BCUT2D eigenvalue weighted by Gasteiger charge is -2.18. The fourth-order valence-corrected chi connectivity index (χ4v) is 3.06. The average Bonchev–Trinajstić information content (AvgIpc) is 2.35. The zero-order valence-electron chi connectivity index (χ0n) is 11.4. The van der Waals surface area contributed by atoms with Gasteiger partial charge in [0.25, 0.3) is 0 Å². The molecule has 0 spiro atoms. The van der Waals surface area contributed by atoms with Gasteiger partial charge in [-0.25, -0.2) is 8.42 Å². The minimum atomic E-state index is -3.94. The lowest BCUT2D eigenvalue weighted by Crippen LogP contribution is -2.44. The number of hydrogen-bond acceptors (Lipinski definition) is 4. The standard InChI is InChI=1S/C13H16N2O4S/c1-8(2)12(13(16)17)15-20(18,19)11-5-4-10(7-14)9(3)6-11/h4-6,8,12,15H,1-3H3,(H,16,17)/t12-/m0/s1. The number of hydrogen-bond donors (Lipinski definition) is 2. The Labute approximate surface area is 118 Å². The van der Waals surface area contributed by atoms with Gasteiger partial charge in [0, 0.05) is 0 Å². The largest absolute Gasteiger partial charge is 0.480 e. The zero-order valence-corrected chi connectivity index (χ0v) is 12.2. The summed E-state index contributed by atoms with van der Waals surface area (Å²) in [6.07, 6.45) is 0. The molecule has 0 heterocycles. The Hall–Kier alpha value is -1.91. The second-order valence-electron chi connectivity index (χ2n) is 4.77. The Bertz CT molecular complexity index is 659. The summed E-state index contributed by atoms with van der Waals surface area (Å²) in [6.45, 7) is 4.85. The number of nitrogens with one attached hydrogen (secondary N) is 1. The molecule has 1 aromatic rings. The predicted octanol–water partition coefficient (Wildman–Crippen LogP) is 1.25. The molecule has 0 amide bonds. The number of sulfonamides is 1. The molecule has 108 valence electrons. The lowest BCUT2D eigenvalue weighted by molar-refractivity contribution is -0.140. The van der Waals surface area contributed by atoms with Gasteiger partial charge in [-0.1, -0.05) is 13.8 Å². The number of nitriles is 1. The van der Waals surface area contributed by atoms with E-state index in [4.69, 9.17) is 10.4 Å². The zero-order chi connectivity index (χ0) is 15.5. The Morgan fingerprint density at radius 3 is 2.40 bits per heavy atom. The van der Waals surface area contributed by atoms with Crippen LogP contribution in [0.2, 0.25) is 0 Å². The molecule has 0 aliphatic rings. The summed E-state index contributed by atoms with van der Waals surface area (Å²) >= 11 is 0. The molecule has 0 radical (unpaired) electrons. The number of nitrogens with zero attached hydrogens (tertiary/aromatic N) is 1.